The molecular formula is C20H35N2O2Y+. The first-order valence-corrected chi connectivity index (χ1v) is 9.57. The summed E-state index contributed by atoms with van der Waals surface area (Å²) in [5.74, 6) is 1.87. The van der Waals surface area contributed by atoms with Gasteiger partial charge in [0.2, 0.25) is 0 Å². The summed E-state index contributed by atoms with van der Waals surface area (Å²) in [5.41, 5.74) is 0. The van der Waals surface area contributed by atoms with E-state index >= 15 is 0 Å². The summed E-state index contributed by atoms with van der Waals surface area (Å²) in [7, 11) is 2.37. The van der Waals surface area contributed by atoms with Gasteiger partial charge in [-0.15, -0.1) is 0 Å². The minimum atomic E-state index is 0. The van der Waals surface area contributed by atoms with Crippen LogP contribution in [0.1, 0.15) is 33.1 Å². The fourth-order valence-electron chi connectivity index (χ4n) is 3.17. The van der Waals surface area contributed by atoms with Crippen molar-refractivity contribution in [1.82, 2.24) is 4.90 Å². The van der Waals surface area contributed by atoms with Crippen molar-refractivity contribution in [3.8, 4) is 11.5 Å². The first-order chi connectivity index (χ1) is 11.6. The van der Waals surface area contributed by atoms with Gasteiger partial charge >= 0.3 is 0 Å². The van der Waals surface area contributed by atoms with Crippen LogP contribution in [0.4, 0.5) is 0 Å². The molecule has 25 heavy (non-hydrogen) atoms. The summed E-state index contributed by atoms with van der Waals surface area (Å²) in [6.45, 7) is 13.2. The molecule has 5 heteroatoms. The second-order valence-corrected chi connectivity index (χ2v) is 7.10. The smallest absolute Gasteiger partial charge is 0.137 e. The van der Waals surface area contributed by atoms with Gasteiger partial charge in [0.25, 0.3) is 0 Å². The van der Waals surface area contributed by atoms with Gasteiger partial charge in [-0.25, -0.2) is 0 Å². The van der Waals surface area contributed by atoms with Gasteiger partial charge in [-0.05, 0) is 37.2 Å². The first kappa shape index (κ1) is 22.9. The van der Waals surface area contributed by atoms with Gasteiger partial charge in [0.05, 0.1) is 26.7 Å². The Morgan fingerprint density at radius 2 is 1.60 bits per heavy atom. The number of hydrogen-bond acceptors (Lipinski definition) is 3. The minimum Gasteiger partial charge on any atom is -0.494 e. The maximum Gasteiger partial charge on any atom is 0.137 e. The van der Waals surface area contributed by atoms with Crippen molar-refractivity contribution in [3.05, 3.63) is 24.3 Å². The molecule has 1 aliphatic heterocycles. The van der Waals surface area contributed by atoms with Gasteiger partial charge in [-0.2, -0.15) is 0 Å². The molecule has 1 aliphatic rings. The molecule has 0 N–H and O–H groups in total. The number of likely N-dealkylation sites (N-methyl/N-ethyl adjacent to an activating group) is 2. The van der Waals surface area contributed by atoms with Crippen molar-refractivity contribution in [2.75, 3.05) is 59.5 Å². The van der Waals surface area contributed by atoms with E-state index in [1.165, 1.54) is 39.1 Å². The quantitative estimate of drug-likeness (QED) is 0.448. The molecule has 0 bridgehead atoms. The van der Waals surface area contributed by atoms with Crippen LogP contribution in [0.5, 0.6) is 11.5 Å². The van der Waals surface area contributed by atoms with E-state index < -0.39 is 0 Å². The fraction of sp³-hybridized carbons (Fsp3) is 0.700. The van der Waals surface area contributed by atoms with E-state index in [9.17, 15) is 0 Å². The van der Waals surface area contributed by atoms with E-state index in [1.807, 2.05) is 24.3 Å². The minimum absolute atomic E-state index is 0. The molecule has 1 unspecified atom stereocenters. The van der Waals surface area contributed by atoms with Crippen molar-refractivity contribution in [2.24, 2.45) is 0 Å². The molecule has 1 saturated heterocycles. The Morgan fingerprint density at radius 1 is 0.960 bits per heavy atom. The van der Waals surface area contributed by atoms with Crippen LogP contribution in [0.15, 0.2) is 24.3 Å². The molecule has 1 aromatic rings. The predicted molar refractivity (Wildman–Crippen MR) is 99.9 cm³/mol. The summed E-state index contributed by atoms with van der Waals surface area (Å²) in [6.07, 6.45) is 3.55. The van der Waals surface area contributed by atoms with Gasteiger partial charge in [0, 0.05) is 52.2 Å². The Bertz CT molecular complexity index is 469. The molecule has 0 saturated carbocycles. The van der Waals surface area contributed by atoms with Crippen LogP contribution in [0, 0.1) is 0 Å². The Kier molecular flexibility index (Phi) is 11.2. The molecule has 1 atom stereocenters. The zero-order valence-corrected chi connectivity index (χ0v) is 19.2. The van der Waals surface area contributed by atoms with Crippen LogP contribution >= 0.6 is 0 Å². The van der Waals surface area contributed by atoms with Crippen LogP contribution in [0.2, 0.25) is 0 Å². The number of ether oxygens (including phenoxy) is 2. The predicted octanol–water partition coefficient (Wildman–Crippen LogP) is 3.41. The van der Waals surface area contributed by atoms with E-state index in [-0.39, 0.29) is 32.7 Å². The number of hydrogen-bond donors (Lipinski definition) is 0. The SMILES string of the molecule is CCCCOc1ccc(OCC[N+]2(C)CCCN(CC)CC2)cc1.[Y]. The van der Waals surface area contributed by atoms with Gasteiger partial charge in [-0.1, -0.05) is 20.3 Å². The molecule has 2 rings (SSSR count). The van der Waals surface area contributed by atoms with E-state index in [0.29, 0.717) is 0 Å². The van der Waals surface area contributed by atoms with Crippen LogP contribution < -0.4 is 9.47 Å². The van der Waals surface area contributed by atoms with Crippen LogP contribution in [0.25, 0.3) is 0 Å². The third kappa shape index (κ3) is 8.38. The fourth-order valence-corrected chi connectivity index (χ4v) is 3.17. The Balaban J connectivity index is 0.00000312. The van der Waals surface area contributed by atoms with Crippen molar-refractivity contribution in [2.45, 2.75) is 33.1 Å². The molecule has 0 amide bonds. The van der Waals surface area contributed by atoms with Crippen LogP contribution in [-0.2, 0) is 32.7 Å². The zero-order valence-electron chi connectivity index (χ0n) is 16.4. The number of quaternary nitrogens is 1. The number of rotatable bonds is 9. The number of benzene rings is 1. The largest absolute Gasteiger partial charge is 0.494 e. The first-order valence-electron chi connectivity index (χ1n) is 9.57. The second-order valence-electron chi connectivity index (χ2n) is 7.10. The molecule has 1 aromatic carbocycles. The summed E-state index contributed by atoms with van der Waals surface area (Å²) in [4.78, 5) is 2.56. The van der Waals surface area contributed by atoms with E-state index in [4.69, 9.17) is 9.47 Å². The standard InChI is InChI=1S/C20H35N2O2.Y/c1-4-6-17-23-19-8-10-20(11-9-19)24-18-16-22(3)14-7-12-21(5-2)13-15-22;/h8-11H,4-7,12-18H2,1-3H3;/q+1;. The average Bonchev–Trinajstić information content (AvgIpc) is 2.78. The summed E-state index contributed by atoms with van der Waals surface area (Å²) in [5, 5.41) is 0. The molecule has 1 heterocycles. The number of unbranched alkanes of at least 4 members (excludes halogenated alkanes) is 1. The third-order valence-corrected chi connectivity index (χ3v) is 5.07. The Morgan fingerprint density at radius 3 is 2.20 bits per heavy atom. The Hall–Kier alpha value is -0.156. The maximum absolute atomic E-state index is 5.96. The molecular weight excluding hydrogens is 389 g/mol. The maximum atomic E-state index is 5.96. The molecule has 4 nitrogen and oxygen atoms in total. The van der Waals surface area contributed by atoms with Gasteiger partial charge in [-0.3, -0.25) is 4.90 Å². The van der Waals surface area contributed by atoms with Gasteiger partial charge in [0.1, 0.15) is 24.7 Å². The summed E-state index contributed by atoms with van der Waals surface area (Å²) >= 11 is 0. The van der Waals surface area contributed by atoms with Gasteiger partial charge in [0.15, 0.2) is 0 Å². The topological polar surface area (TPSA) is 21.7 Å². The normalized spacial score (nSPS) is 21.2. The van der Waals surface area contributed by atoms with Crippen LogP contribution in [-0.4, -0.2) is 68.9 Å². The van der Waals surface area contributed by atoms with Gasteiger partial charge < -0.3 is 14.0 Å². The summed E-state index contributed by atoms with van der Waals surface area (Å²) in [6, 6.07) is 8.05. The Labute approximate surface area is 179 Å². The third-order valence-electron chi connectivity index (χ3n) is 5.07. The van der Waals surface area contributed by atoms with E-state index in [1.54, 1.807) is 0 Å². The molecule has 0 aromatic heterocycles. The molecule has 0 spiro atoms. The number of nitrogens with zero attached hydrogens (tertiary/aromatic N) is 2. The van der Waals surface area contributed by atoms with Crippen molar-refractivity contribution >= 4 is 0 Å². The van der Waals surface area contributed by atoms with Crippen molar-refractivity contribution in [3.63, 3.8) is 0 Å². The molecule has 1 fully saturated rings. The van der Waals surface area contributed by atoms with Crippen molar-refractivity contribution < 1.29 is 46.7 Å². The summed E-state index contributed by atoms with van der Waals surface area (Å²) < 4.78 is 12.8. The van der Waals surface area contributed by atoms with E-state index in [2.05, 4.69) is 25.8 Å². The van der Waals surface area contributed by atoms with Crippen molar-refractivity contribution in [1.29, 1.82) is 0 Å². The molecule has 0 aliphatic carbocycles. The van der Waals surface area contributed by atoms with Crippen LogP contribution in [0.3, 0.4) is 0 Å². The zero-order chi connectivity index (χ0) is 17.3. The average molecular weight is 424 g/mol. The monoisotopic (exact) mass is 424 g/mol. The molecule has 1 radical (unpaired) electrons. The molecule has 139 valence electrons. The van der Waals surface area contributed by atoms with E-state index in [0.717, 1.165) is 48.6 Å². The second kappa shape index (κ2) is 12.3.